The summed E-state index contributed by atoms with van der Waals surface area (Å²) in [6.07, 6.45) is 3.62. The number of hydrogen-bond donors (Lipinski definition) is 1. The number of nitrogens with zero attached hydrogens (tertiary/aromatic N) is 1. The number of carbonyl (C=O) groups is 1. The molecule has 1 fully saturated rings. The third kappa shape index (κ3) is 3.59. The Balaban J connectivity index is 1.73. The molecule has 1 N–H and O–H groups in total. The van der Waals surface area contributed by atoms with Crippen molar-refractivity contribution < 1.29 is 14.3 Å². The van der Waals surface area contributed by atoms with E-state index in [9.17, 15) is 4.79 Å². The van der Waals surface area contributed by atoms with Gasteiger partial charge in [0.05, 0.1) is 20.3 Å². The Morgan fingerprint density at radius 3 is 2.57 bits per heavy atom. The van der Waals surface area contributed by atoms with E-state index in [4.69, 9.17) is 9.47 Å². The minimum absolute atomic E-state index is 0.0985. The zero-order chi connectivity index (χ0) is 19.5. The van der Waals surface area contributed by atoms with E-state index in [-0.39, 0.29) is 11.9 Å². The first-order valence-electron chi connectivity index (χ1n) is 10.0. The van der Waals surface area contributed by atoms with Gasteiger partial charge in [-0.3, -0.25) is 4.79 Å². The Hall–Kier alpha value is -2.53. The fraction of sp³-hybridized carbons (Fsp3) is 0.435. The van der Waals surface area contributed by atoms with Crippen molar-refractivity contribution >= 4 is 5.91 Å². The van der Waals surface area contributed by atoms with Crippen molar-refractivity contribution in [3.8, 4) is 11.5 Å². The highest BCUT2D eigenvalue weighted by atomic mass is 16.5. The monoisotopic (exact) mass is 380 g/mol. The van der Waals surface area contributed by atoms with E-state index < -0.39 is 0 Å². The van der Waals surface area contributed by atoms with Crippen LogP contribution >= 0.6 is 0 Å². The molecule has 2 unspecified atom stereocenters. The number of hydrogen-bond acceptors (Lipinski definition) is 4. The van der Waals surface area contributed by atoms with Crippen molar-refractivity contribution in [1.82, 2.24) is 10.2 Å². The minimum atomic E-state index is -0.0985. The summed E-state index contributed by atoms with van der Waals surface area (Å²) in [5.41, 5.74) is 3.47. The van der Waals surface area contributed by atoms with Crippen molar-refractivity contribution in [3.05, 3.63) is 59.2 Å². The van der Waals surface area contributed by atoms with Crippen LogP contribution in [0.1, 0.15) is 42.0 Å². The predicted molar refractivity (Wildman–Crippen MR) is 109 cm³/mol. The van der Waals surface area contributed by atoms with Crippen LogP contribution < -0.4 is 14.8 Å². The Bertz CT molecular complexity index is 831. The first kappa shape index (κ1) is 18.8. The summed E-state index contributed by atoms with van der Waals surface area (Å²) in [7, 11) is 3.31. The van der Waals surface area contributed by atoms with E-state index in [0.717, 1.165) is 42.7 Å². The third-order valence-corrected chi connectivity index (χ3v) is 5.89. The highest BCUT2D eigenvalue weighted by molar-refractivity contribution is 5.78. The molecule has 1 amide bonds. The van der Waals surface area contributed by atoms with Crippen LogP contribution in [0, 0.1) is 0 Å². The van der Waals surface area contributed by atoms with Gasteiger partial charge in [-0.2, -0.15) is 0 Å². The van der Waals surface area contributed by atoms with Gasteiger partial charge < -0.3 is 19.7 Å². The van der Waals surface area contributed by atoms with Gasteiger partial charge in [0.15, 0.2) is 11.5 Å². The van der Waals surface area contributed by atoms with Crippen molar-refractivity contribution in [2.24, 2.45) is 0 Å². The highest BCUT2D eigenvalue weighted by Gasteiger charge is 2.34. The number of methoxy groups -OCH3 is 2. The maximum absolute atomic E-state index is 13.3. The van der Waals surface area contributed by atoms with Crippen molar-refractivity contribution in [2.75, 3.05) is 27.3 Å². The van der Waals surface area contributed by atoms with E-state index in [1.165, 1.54) is 5.56 Å². The smallest absolute Gasteiger partial charge is 0.224 e. The molecule has 2 aliphatic heterocycles. The molecule has 2 aromatic carbocycles. The standard InChI is InChI=1S/C23H28N2O3/c1-27-20-13-17-10-12-25(22(26)14-18-9-6-11-24-18)23(16-7-4-3-5-8-16)19(17)15-21(20)28-2/h3-5,7-8,13,15,18,23-24H,6,9-12,14H2,1-2H3. The number of fused-ring (bicyclic) bond motifs is 1. The zero-order valence-corrected chi connectivity index (χ0v) is 16.6. The Kier molecular flexibility index (Phi) is 5.53. The van der Waals surface area contributed by atoms with Crippen molar-refractivity contribution in [2.45, 2.75) is 37.8 Å². The number of benzene rings is 2. The average molecular weight is 380 g/mol. The molecule has 2 atom stereocenters. The Morgan fingerprint density at radius 1 is 1.14 bits per heavy atom. The Labute approximate surface area is 166 Å². The number of ether oxygens (including phenoxy) is 2. The molecule has 5 heteroatoms. The molecule has 0 saturated carbocycles. The van der Waals surface area contributed by atoms with Crippen LogP contribution in [0.2, 0.25) is 0 Å². The van der Waals surface area contributed by atoms with Gasteiger partial charge in [0.2, 0.25) is 5.91 Å². The van der Waals surface area contributed by atoms with Crippen LogP contribution in [0.3, 0.4) is 0 Å². The lowest BCUT2D eigenvalue weighted by atomic mass is 9.87. The highest BCUT2D eigenvalue weighted by Crippen LogP contribution is 2.41. The largest absolute Gasteiger partial charge is 0.493 e. The van der Waals surface area contributed by atoms with Crippen LogP contribution in [0.15, 0.2) is 42.5 Å². The maximum Gasteiger partial charge on any atom is 0.224 e. The zero-order valence-electron chi connectivity index (χ0n) is 16.6. The number of amides is 1. The van der Waals surface area contributed by atoms with Gasteiger partial charge in [0, 0.05) is 19.0 Å². The molecule has 0 radical (unpaired) electrons. The first-order chi connectivity index (χ1) is 13.7. The molecule has 2 aromatic rings. The van der Waals surface area contributed by atoms with Crippen LogP contribution in [0.25, 0.3) is 0 Å². The quantitative estimate of drug-likeness (QED) is 0.865. The van der Waals surface area contributed by atoms with Gasteiger partial charge in [-0.25, -0.2) is 0 Å². The van der Waals surface area contributed by atoms with Crippen LogP contribution in [-0.2, 0) is 11.2 Å². The third-order valence-electron chi connectivity index (χ3n) is 5.89. The minimum Gasteiger partial charge on any atom is -0.493 e. The van der Waals surface area contributed by atoms with Crippen LogP contribution in [0.5, 0.6) is 11.5 Å². The van der Waals surface area contributed by atoms with Gasteiger partial charge in [0.25, 0.3) is 0 Å². The maximum atomic E-state index is 13.3. The molecule has 0 aromatic heterocycles. The second-order valence-electron chi connectivity index (χ2n) is 7.55. The average Bonchev–Trinajstić information content (AvgIpc) is 3.25. The summed E-state index contributed by atoms with van der Waals surface area (Å²) in [4.78, 5) is 15.3. The molecule has 28 heavy (non-hydrogen) atoms. The normalized spacial score (nSPS) is 21.3. The van der Waals surface area contributed by atoms with E-state index in [2.05, 4.69) is 23.5 Å². The first-order valence-corrected chi connectivity index (χ1v) is 10.0. The fourth-order valence-electron chi connectivity index (χ4n) is 4.47. The molecule has 4 rings (SSSR count). The van der Waals surface area contributed by atoms with Crippen LogP contribution in [0.4, 0.5) is 0 Å². The van der Waals surface area contributed by atoms with E-state index >= 15 is 0 Å². The van der Waals surface area contributed by atoms with Crippen molar-refractivity contribution in [3.63, 3.8) is 0 Å². The summed E-state index contributed by atoms with van der Waals surface area (Å²) in [6.45, 7) is 1.73. The van der Waals surface area contributed by atoms with Gasteiger partial charge in [-0.1, -0.05) is 30.3 Å². The van der Waals surface area contributed by atoms with Gasteiger partial charge in [-0.15, -0.1) is 0 Å². The second-order valence-corrected chi connectivity index (χ2v) is 7.55. The topological polar surface area (TPSA) is 50.8 Å². The number of rotatable bonds is 5. The lowest BCUT2D eigenvalue weighted by molar-refractivity contribution is -0.133. The summed E-state index contributed by atoms with van der Waals surface area (Å²) in [6, 6.07) is 14.6. The van der Waals surface area contributed by atoms with E-state index in [1.807, 2.05) is 29.2 Å². The molecule has 2 aliphatic rings. The molecule has 2 heterocycles. The second kappa shape index (κ2) is 8.23. The fourth-order valence-corrected chi connectivity index (χ4v) is 4.47. The summed E-state index contributed by atoms with van der Waals surface area (Å²) in [5, 5.41) is 3.45. The number of carbonyl (C=O) groups excluding carboxylic acids is 1. The number of nitrogens with one attached hydrogen (secondary N) is 1. The SMILES string of the molecule is COc1cc2c(cc1OC)C(c1ccccc1)N(C(=O)CC1CCCN1)CC2. The molecule has 0 bridgehead atoms. The molecule has 5 nitrogen and oxygen atoms in total. The predicted octanol–water partition coefficient (Wildman–Crippen LogP) is 3.32. The van der Waals surface area contributed by atoms with Crippen molar-refractivity contribution in [1.29, 1.82) is 0 Å². The summed E-state index contributed by atoms with van der Waals surface area (Å²) < 4.78 is 11.0. The van der Waals surface area contributed by atoms with Gasteiger partial charge in [-0.05, 0) is 54.6 Å². The summed E-state index contributed by atoms with van der Waals surface area (Å²) in [5.74, 6) is 1.66. The lowest BCUT2D eigenvalue weighted by Crippen LogP contribution is -2.42. The van der Waals surface area contributed by atoms with E-state index in [0.29, 0.717) is 24.8 Å². The molecular formula is C23H28N2O3. The lowest BCUT2D eigenvalue weighted by Gasteiger charge is -2.38. The van der Waals surface area contributed by atoms with Crippen LogP contribution in [-0.4, -0.2) is 44.2 Å². The molecule has 0 spiro atoms. The molecule has 0 aliphatic carbocycles. The molecule has 148 valence electrons. The van der Waals surface area contributed by atoms with Gasteiger partial charge >= 0.3 is 0 Å². The van der Waals surface area contributed by atoms with Gasteiger partial charge in [0.1, 0.15) is 0 Å². The summed E-state index contributed by atoms with van der Waals surface area (Å²) >= 11 is 0. The van der Waals surface area contributed by atoms with E-state index in [1.54, 1.807) is 14.2 Å². The Morgan fingerprint density at radius 2 is 1.89 bits per heavy atom. The molecule has 1 saturated heterocycles. The molecular weight excluding hydrogens is 352 g/mol.